The van der Waals surface area contributed by atoms with Crippen molar-refractivity contribution in [1.29, 1.82) is 0 Å². The second-order valence-corrected chi connectivity index (χ2v) is 5.49. The molecule has 1 heterocycles. The van der Waals surface area contributed by atoms with Crippen LogP contribution in [0.3, 0.4) is 0 Å². The van der Waals surface area contributed by atoms with Crippen molar-refractivity contribution in [2.75, 3.05) is 7.11 Å². The van der Waals surface area contributed by atoms with Crippen LogP contribution in [-0.4, -0.2) is 16.9 Å². The summed E-state index contributed by atoms with van der Waals surface area (Å²) in [6.45, 7) is 8.47. The SMILES string of the molecule is CCc1c(C)nn(C(C)C(N)c2ccc(OC)cc2)c1C. The Bertz CT molecular complexity index is 601. The molecule has 2 N–H and O–H groups in total. The van der Waals surface area contributed by atoms with Gasteiger partial charge in [0.15, 0.2) is 0 Å². The summed E-state index contributed by atoms with van der Waals surface area (Å²) in [4.78, 5) is 0. The van der Waals surface area contributed by atoms with Crippen LogP contribution in [0, 0.1) is 13.8 Å². The molecule has 2 unspecified atom stereocenters. The van der Waals surface area contributed by atoms with Gasteiger partial charge in [-0.25, -0.2) is 0 Å². The first-order valence-electron chi connectivity index (χ1n) is 7.43. The number of hydrogen-bond donors (Lipinski definition) is 1. The zero-order valence-electron chi connectivity index (χ0n) is 13.6. The molecule has 1 aromatic carbocycles. The second-order valence-electron chi connectivity index (χ2n) is 5.49. The number of nitrogens with two attached hydrogens (primary N) is 1. The van der Waals surface area contributed by atoms with Crippen LogP contribution in [0.5, 0.6) is 5.75 Å². The van der Waals surface area contributed by atoms with E-state index in [9.17, 15) is 0 Å². The summed E-state index contributed by atoms with van der Waals surface area (Å²) in [6.07, 6.45) is 1.00. The zero-order chi connectivity index (χ0) is 15.6. The largest absolute Gasteiger partial charge is 0.497 e. The normalized spacial score (nSPS) is 14.0. The molecule has 1 aromatic heterocycles. The van der Waals surface area contributed by atoms with Gasteiger partial charge in [-0.05, 0) is 50.5 Å². The van der Waals surface area contributed by atoms with Crippen LogP contribution >= 0.6 is 0 Å². The molecule has 2 aromatic rings. The van der Waals surface area contributed by atoms with Gasteiger partial charge in [-0.15, -0.1) is 0 Å². The molecule has 0 spiro atoms. The number of hydrogen-bond acceptors (Lipinski definition) is 3. The molecule has 21 heavy (non-hydrogen) atoms. The van der Waals surface area contributed by atoms with E-state index < -0.39 is 0 Å². The summed E-state index contributed by atoms with van der Waals surface area (Å²) < 4.78 is 7.25. The van der Waals surface area contributed by atoms with Crippen LogP contribution in [-0.2, 0) is 6.42 Å². The predicted octanol–water partition coefficient (Wildman–Crippen LogP) is 3.33. The van der Waals surface area contributed by atoms with Gasteiger partial charge in [-0.3, -0.25) is 4.68 Å². The summed E-state index contributed by atoms with van der Waals surface area (Å²) in [7, 11) is 1.67. The predicted molar refractivity (Wildman–Crippen MR) is 85.7 cm³/mol. The third kappa shape index (κ3) is 2.95. The van der Waals surface area contributed by atoms with E-state index in [4.69, 9.17) is 10.5 Å². The molecule has 114 valence electrons. The minimum absolute atomic E-state index is 0.0985. The standard InChI is InChI=1S/C17H25N3O/c1-6-16-11(2)19-20(12(16)3)13(4)17(18)14-7-9-15(21-5)10-8-14/h7-10,13,17H,6,18H2,1-5H3. The maximum atomic E-state index is 6.43. The van der Waals surface area contributed by atoms with Crippen molar-refractivity contribution in [1.82, 2.24) is 9.78 Å². The summed E-state index contributed by atoms with van der Waals surface area (Å²) in [5.74, 6) is 0.845. The van der Waals surface area contributed by atoms with Gasteiger partial charge in [-0.2, -0.15) is 5.10 Å². The molecule has 0 aliphatic heterocycles. The van der Waals surface area contributed by atoms with Gasteiger partial charge in [0.2, 0.25) is 0 Å². The Morgan fingerprint density at radius 2 is 1.86 bits per heavy atom. The highest BCUT2D eigenvalue weighted by molar-refractivity contribution is 5.30. The molecule has 0 aliphatic rings. The number of aromatic nitrogens is 2. The van der Waals surface area contributed by atoms with Gasteiger partial charge >= 0.3 is 0 Å². The van der Waals surface area contributed by atoms with E-state index in [1.54, 1.807) is 7.11 Å². The van der Waals surface area contributed by atoms with Crippen molar-refractivity contribution in [3.8, 4) is 5.75 Å². The molecule has 0 saturated carbocycles. The number of nitrogens with zero attached hydrogens (tertiary/aromatic N) is 2. The Hall–Kier alpha value is -1.81. The quantitative estimate of drug-likeness (QED) is 0.917. The maximum absolute atomic E-state index is 6.43. The van der Waals surface area contributed by atoms with Crippen molar-refractivity contribution < 1.29 is 4.74 Å². The highest BCUT2D eigenvalue weighted by atomic mass is 16.5. The first-order valence-corrected chi connectivity index (χ1v) is 7.43. The Kier molecular flexibility index (Phi) is 4.68. The van der Waals surface area contributed by atoms with Crippen LogP contribution in [0.25, 0.3) is 0 Å². The van der Waals surface area contributed by atoms with E-state index in [0.717, 1.165) is 23.4 Å². The average molecular weight is 287 g/mol. The molecule has 0 radical (unpaired) electrons. The zero-order valence-corrected chi connectivity index (χ0v) is 13.6. The summed E-state index contributed by atoms with van der Waals surface area (Å²) >= 11 is 0. The fraction of sp³-hybridized carbons (Fsp3) is 0.471. The van der Waals surface area contributed by atoms with Crippen LogP contribution in [0.15, 0.2) is 24.3 Å². The molecule has 2 atom stereocenters. The van der Waals surface area contributed by atoms with Gasteiger partial charge in [0.1, 0.15) is 5.75 Å². The van der Waals surface area contributed by atoms with E-state index in [1.165, 1.54) is 11.3 Å². The summed E-state index contributed by atoms with van der Waals surface area (Å²) in [5, 5.41) is 4.67. The van der Waals surface area contributed by atoms with Crippen molar-refractivity contribution in [3.05, 3.63) is 46.8 Å². The first-order chi connectivity index (χ1) is 9.99. The summed E-state index contributed by atoms with van der Waals surface area (Å²) in [6, 6.07) is 7.94. The van der Waals surface area contributed by atoms with Crippen molar-refractivity contribution in [3.63, 3.8) is 0 Å². The Morgan fingerprint density at radius 1 is 1.24 bits per heavy atom. The van der Waals surface area contributed by atoms with Crippen LogP contribution < -0.4 is 10.5 Å². The third-order valence-electron chi connectivity index (χ3n) is 4.23. The third-order valence-corrected chi connectivity index (χ3v) is 4.23. The Balaban J connectivity index is 2.27. The number of aryl methyl sites for hydroxylation is 1. The molecular formula is C17H25N3O. The van der Waals surface area contributed by atoms with Gasteiger partial charge < -0.3 is 10.5 Å². The van der Waals surface area contributed by atoms with Crippen LogP contribution in [0.4, 0.5) is 0 Å². The monoisotopic (exact) mass is 287 g/mol. The smallest absolute Gasteiger partial charge is 0.118 e. The van der Waals surface area contributed by atoms with Crippen LogP contribution in [0.1, 0.15) is 48.4 Å². The fourth-order valence-electron chi connectivity index (χ4n) is 2.86. The minimum Gasteiger partial charge on any atom is -0.497 e. The Labute approximate surface area is 126 Å². The molecule has 4 heteroatoms. The first kappa shape index (κ1) is 15.6. The van der Waals surface area contributed by atoms with Gasteiger partial charge in [-0.1, -0.05) is 19.1 Å². The van der Waals surface area contributed by atoms with Crippen molar-refractivity contribution in [2.45, 2.75) is 46.2 Å². The molecule has 0 saturated heterocycles. The van der Waals surface area contributed by atoms with Gasteiger partial charge in [0.25, 0.3) is 0 Å². The number of methoxy groups -OCH3 is 1. The number of benzene rings is 1. The maximum Gasteiger partial charge on any atom is 0.118 e. The number of rotatable bonds is 5. The lowest BCUT2D eigenvalue weighted by atomic mass is 10.0. The van der Waals surface area contributed by atoms with E-state index in [0.29, 0.717) is 0 Å². The fourth-order valence-corrected chi connectivity index (χ4v) is 2.86. The average Bonchev–Trinajstić information content (AvgIpc) is 2.80. The van der Waals surface area contributed by atoms with E-state index in [1.807, 2.05) is 24.3 Å². The highest BCUT2D eigenvalue weighted by Gasteiger charge is 2.21. The van der Waals surface area contributed by atoms with E-state index in [2.05, 4.69) is 37.5 Å². The minimum atomic E-state index is -0.0985. The van der Waals surface area contributed by atoms with E-state index >= 15 is 0 Å². The van der Waals surface area contributed by atoms with E-state index in [-0.39, 0.29) is 12.1 Å². The lowest BCUT2D eigenvalue weighted by Gasteiger charge is -2.22. The second kappa shape index (κ2) is 6.31. The molecular weight excluding hydrogens is 262 g/mol. The molecule has 0 bridgehead atoms. The molecule has 0 fully saturated rings. The lowest BCUT2D eigenvalue weighted by molar-refractivity contribution is 0.402. The number of ether oxygens (including phenoxy) is 1. The topological polar surface area (TPSA) is 53.1 Å². The summed E-state index contributed by atoms with van der Waals surface area (Å²) in [5.41, 5.74) is 11.2. The molecule has 0 aliphatic carbocycles. The van der Waals surface area contributed by atoms with Crippen molar-refractivity contribution in [2.24, 2.45) is 5.73 Å². The van der Waals surface area contributed by atoms with Crippen LogP contribution in [0.2, 0.25) is 0 Å². The van der Waals surface area contributed by atoms with Gasteiger partial charge in [0, 0.05) is 5.69 Å². The van der Waals surface area contributed by atoms with Crippen molar-refractivity contribution >= 4 is 0 Å². The van der Waals surface area contributed by atoms with Gasteiger partial charge in [0.05, 0.1) is 24.9 Å². The highest BCUT2D eigenvalue weighted by Crippen LogP contribution is 2.27. The lowest BCUT2D eigenvalue weighted by Crippen LogP contribution is -2.24. The molecule has 0 amide bonds. The molecule has 4 nitrogen and oxygen atoms in total. The molecule has 2 rings (SSSR count). The Morgan fingerprint density at radius 3 is 2.33 bits per heavy atom.